The van der Waals surface area contributed by atoms with E-state index in [1.807, 2.05) is 6.92 Å². The zero-order valence-electron chi connectivity index (χ0n) is 9.89. The van der Waals surface area contributed by atoms with E-state index < -0.39 is 5.54 Å². The maximum Gasteiger partial charge on any atom is 0.187 e. The number of hydrogen-bond acceptors (Lipinski definition) is 5. The van der Waals surface area contributed by atoms with Crippen LogP contribution >= 0.6 is 11.8 Å². The summed E-state index contributed by atoms with van der Waals surface area (Å²) in [4.78, 5) is 8.34. The van der Waals surface area contributed by atoms with Crippen molar-refractivity contribution >= 4 is 11.8 Å². The van der Waals surface area contributed by atoms with Crippen LogP contribution in [0.1, 0.15) is 19.8 Å². The number of nitriles is 1. The van der Waals surface area contributed by atoms with Crippen molar-refractivity contribution in [2.75, 3.05) is 12.3 Å². The zero-order valence-corrected chi connectivity index (χ0v) is 10.7. The van der Waals surface area contributed by atoms with Crippen molar-refractivity contribution in [2.45, 2.75) is 30.5 Å². The van der Waals surface area contributed by atoms with E-state index in [-0.39, 0.29) is 0 Å². The summed E-state index contributed by atoms with van der Waals surface area (Å²) >= 11 is 1.55. The molecule has 0 radical (unpaired) electrons. The molecule has 0 saturated heterocycles. The van der Waals surface area contributed by atoms with Crippen molar-refractivity contribution in [3.05, 3.63) is 18.5 Å². The topological polar surface area (TPSA) is 61.6 Å². The maximum absolute atomic E-state index is 9.43. The molecule has 0 aliphatic heterocycles. The van der Waals surface area contributed by atoms with Crippen LogP contribution in [0.3, 0.4) is 0 Å². The summed E-state index contributed by atoms with van der Waals surface area (Å²) in [5.74, 6) is 1.20. The van der Waals surface area contributed by atoms with Gasteiger partial charge in [0, 0.05) is 18.1 Å². The quantitative estimate of drug-likeness (QED) is 0.615. The van der Waals surface area contributed by atoms with Crippen molar-refractivity contribution in [2.24, 2.45) is 5.92 Å². The lowest BCUT2D eigenvalue weighted by molar-refractivity contribution is 0.415. The highest BCUT2D eigenvalue weighted by Crippen LogP contribution is 2.41. The Kier molecular flexibility index (Phi) is 3.97. The van der Waals surface area contributed by atoms with Gasteiger partial charge >= 0.3 is 0 Å². The molecule has 1 fully saturated rings. The van der Waals surface area contributed by atoms with E-state index in [0.717, 1.165) is 24.5 Å². The molecule has 0 aromatic carbocycles. The average molecular weight is 248 g/mol. The summed E-state index contributed by atoms with van der Waals surface area (Å²) in [6, 6.07) is 4.26. The van der Waals surface area contributed by atoms with Gasteiger partial charge in [0.1, 0.15) is 5.54 Å². The molecule has 90 valence electrons. The molecular weight excluding hydrogens is 232 g/mol. The van der Waals surface area contributed by atoms with Crippen LogP contribution in [0.5, 0.6) is 0 Å². The van der Waals surface area contributed by atoms with E-state index >= 15 is 0 Å². The molecule has 2 rings (SSSR count). The Bertz CT molecular complexity index is 399. The standard InChI is InChI=1S/C12H16N4S/c1-2-16-12(8-13,10-4-5-10)9-17-11-14-6-3-7-15-11/h3,6-7,10,16H,2,4-5,9H2,1H3. The lowest BCUT2D eigenvalue weighted by Crippen LogP contribution is -2.48. The predicted molar refractivity (Wildman–Crippen MR) is 67.5 cm³/mol. The molecule has 1 N–H and O–H groups in total. The van der Waals surface area contributed by atoms with Gasteiger partial charge in [0.05, 0.1) is 6.07 Å². The van der Waals surface area contributed by atoms with Crippen molar-refractivity contribution < 1.29 is 0 Å². The molecule has 1 heterocycles. The molecule has 0 bridgehead atoms. The number of rotatable bonds is 6. The van der Waals surface area contributed by atoms with E-state index in [1.165, 1.54) is 0 Å². The van der Waals surface area contributed by atoms with Gasteiger partial charge < -0.3 is 0 Å². The largest absolute Gasteiger partial charge is 0.299 e. The van der Waals surface area contributed by atoms with Crippen LogP contribution in [0, 0.1) is 17.2 Å². The van der Waals surface area contributed by atoms with Gasteiger partial charge in [-0.3, -0.25) is 5.32 Å². The van der Waals surface area contributed by atoms with Gasteiger partial charge in [0.2, 0.25) is 0 Å². The van der Waals surface area contributed by atoms with Crippen molar-refractivity contribution in [1.29, 1.82) is 5.26 Å². The smallest absolute Gasteiger partial charge is 0.187 e. The highest BCUT2D eigenvalue weighted by molar-refractivity contribution is 7.99. The summed E-state index contributed by atoms with van der Waals surface area (Å²) in [6.07, 6.45) is 5.76. The molecule has 5 heteroatoms. The highest BCUT2D eigenvalue weighted by Gasteiger charge is 2.45. The van der Waals surface area contributed by atoms with Crippen molar-refractivity contribution in [1.82, 2.24) is 15.3 Å². The third-order valence-electron chi connectivity index (χ3n) is 2.94. The number of nitrogens with one attached hydrogen (secondary N) is 1. The minimum Gasteiger partial charge on any atom is -0.299 e. The first kappa shape index (κ1) is 12.3. The number of hydrogen-bond donors (Lipinski definition) is 1. The molecule has 1 aliphatic rings. The van der Waals surface area contributed by atoms with E-state index in [9.17, 15) is 5.26 Å². The Labute approximate surface area is 106 Å². The first-order valence-corrected chi connectivity index (χ1v) is 6.85. The summed E-state index contributed by atoms with van der Waals surface area (Å²) in [5, 5.41) is 13.5. The number of thioether (sulfide) groups is 1. The second kappa shape index (κ2) is 5.48. The lowest BCUT2D eigenvalue weighted by Gasteiger charge is -2.26. The van der Waals surface area contributed by atoms with Crippen molar-refractivity contribution in [3.63, 3.8) is 0 Å². The molecule has 1 saturated carbocycles. The molecular formula is C12H16N4S. The Morgan fingerprint density at radius 3 is 2.76 bits per heavy atom. The normalized spacial score (nSPS) is 18.4. The van der Waals surface area contributed by atoms with Gasteiger partial charge in [0.15, 0.2) is 5.16 Å². The van der Waals surface area contributed by atoms with Crippen molar-refractivity contribution in [3.8, 4) is 6.07 Å². The molecule has 0 amide bonds. The first-order chi connectivity index (χ1) is 8.30. The maximum atomic E-state index is 9.43. The lowest BCUT2D eigenvalue weighted by atomic mass is 9.98. The Morgan fingerprint density at radius 1 is 1.53 bits per heavy atom. The predicted octanol–water partition coefficient (Wildman–Crippen LogP) is 1.85. The highest BCUT2D eigenvalue weighted by atomic mass is 32.2. The van der Waals surface area contributed by atoms with Gasteiger partial charge in [-0.15, -0.1) is 0 Å². The van der Waals surface area contributed by atoms with Crippen LogP contribution < -0.4 is 5.32 Å². The molecule has 4 nitrogen and oxygen atoms in total. The van der Waals surface area contributed by atoms with Crippen LogP contribution in [-0.2, 0) is 0 Å². The van der Waals surface area contributed by atoms with Gasteiger partial charge in [-0.2, -0.15) is 5.26 Å². The summed E-state index contributed by atoms with van der Waals surface area (Å²) in [5.41, 5.74) is -0.404. The Balaban J connectivity index is 2.01. The van der Waals surface area contributed by atoms with Crippen LogP contribution in [0.4, 0.5) is 0 Å². The molecule has 1 aliphatic carbocycles. The molecule has 1 aromatic rings. The fourth-order valence-corrected chi connectivity index (χ4v) is 2.94. The molecule has 1 aromatic heterocycles. The fourth-order valence-electron chi connectivity index (χ4n) is 1.91. The van der Waals surface area contributed by atoms with Crippen LogP contribution in [-0.4, -0.2) is 27.8 Å². The SMILES string of the molecule is CCNC(C#N)(CSc1ncccn1)C1CC1. The van der Waals surface area contributed by atoms with Gasteiger partial charge in [0.25, 0.3) is 0 Å². The summed E-state index contributed by atoms with van der Waals surface area (Å²) in [7, 11) is 0. The average Bonchev–Trinajstić information content (AvgIpc) is 3.20. The minimum absolute atomic E-state index is 0.404. The third kappa shape index (κ3) is 2.96. The van der Waals surface area contributed by atoms with Gasteiger partial charge in [-0.25, -0.2) is 9.97 Å². The summed E-state index contributed by atoms with van der Waals surface area (Å²) < 4.78 is 0. The van der Waals surface area contributed by atoms with Crippen LogP contribution in [0.25, 0.3) is 0 Å². The monoisotopic (exact) mass is 248 g/mol. The van der Waals surface area contributed by atoms with Gasteiger partial charge in [-0.1, -0.05) is 18.7 Å². The minimum atomic E-state index is -0.404. The molecule has 17 heavy (non-hydrogen) atoms. The third-order valence-corrected chi connectivity index (χ3v) is 4.01. The van der Waals surface area contributed by atoms with E-state index in [4.69, 9.17) is 0 Å². The molecule has 0 spiro atoms. The molecule has 1 atom stereocenters. The van der Waals surface area contributed by atoms with Crippen LogP contribution in [0.2, 0.25) is 0 Å². The van der Waals surface area contributed by atoms with Crippen LogP contribution in [0.15, 0.2) is 23.6 Å². The van der Waals surface area contributed by atoms with Gasteiger partial charge in [-0.05, 0) is 31.4 Å². The second-order valence-corrected chi connectivity index (χ2v) is 5.15. The number of aromatic nitrogens is 2. The Hall–Kier alpha value is -1.12. The van der Waals surface area contributed by atoms with E-state index in [0.29, 0.717) is 11.7 Å². The van der Waals surface area contributed by atoms with E-state index in [2.05, 4.69) is 21.4 Å². The fraction of sp³-hybridized carbons (Fsp3) is 0.583. The first-order valence-electron chi connectivity index (χ1n) is 5.87. The summed E-state index contributed by atoms with van der Waals surface area (Å²) in [6.45, 7) is 2.86. The van der Waals surface area contributed by atoms with E-state index in [1.54, 1.807) is 30.2 Å². The second-order valence-electron chi connectivity index (χ2n) is 4.21. The Morgan fingerprint density at radius 2 is 2.24 bits per heavy atom. The number of nitrogens with zero attached hydrogens (tertiary/aromatic N) is 3. The zero-order chi connectivity index (χ0) is 12.1. The molecule has 1 unspecified atom stereocenters.